The summed E-state index contributed by atoms with van der Waals surface area (Å²) in [6, 6.07) is 26.4. The van der Waals surface area contributed by atoms with Crippen LogP contribution >= 0.6 is 0 Å². The number of non-ortho nitro benzene ring substituents is 1. The van der Waals surface area contributed by atoms with Crippen molar-refractivity contribution in [3.05, 3.63) is 135 Å². The molecule has 0 bridgehead atoms. The predicted molar refractivity (Wildman–Crippen MR) is 185 cm³/mol. The van der Waals surface area contributed by atoms with E-state index in [2.05, 4.69) is 34.6 Å². The number of carbonyl (C=O) groups is 2. The number of esters is 1. The molecule has 47 heavy (non-hydrogen) atoms. The SMILES string of the molecule is C1=CNc2ccccc2N=C1.CCOC(=O)CCC1CCCc2c1ccc1c2C(C(=O)c2ccc([N+](=O)[O-])cc2)Cc2ccccc2-1. The Morgan fingerprint density at radius 3 is 2.57 bits per heavy atom. The van der Waals surface area contributed by atoms with E-state index in [0.717, 1.165) is 59.3 Å². The van der Waals surface area contributed by atoms with Gasteiger partial charge in [-0.05, 0) is 109 Å². The van der Waals surface area contributed by atoms with Crippen molar-refractivity contribution in [3.63, 3.8) is 0 Å². The minimum Gasteiger partial charge on any atom is -0.466 e. The van der Waals surface area contributed by atoms with Crippen LogP contribution in [0.4, 0.5) is 17.1 Å². The first kappa shape index (κ1) is 31.6. The van der Waals surface area contributed by atoms with Crippen LogP contribution in [0.5, 0.6) is 0 Å². The van der Waals surface area contributed by atoms with Crippen LogP contribution < -0.4 is 5.32 Å². The number of nitrogens with zero attached hydrogens (tertiary/aromatic N) is 2. The number of ether oxygens (including phenoxy) is 1. The Bertz CT molecular complexity index is 1860. The molecular weight excluding hydrogens is 590 g/mol. The number of para-hydroxylation sites is 2. The maximum Gasteiger partial charge on any atom is 0.305 e. The summed E-state index contributed by atoms with van der Waals surface area (Å²) in [6.45, 7) is 2.21. The normalized spacial score (nSPS) is 16.9. The summed E-state index contributed by atoms with van der Waals surface area (Å²) in [6.07, 6.45) is 10.2. The van der Waals surface area contributed by atoms with Crippen LogP contribution in [0.2, 0.25) is 0 Å². The van der Waals surface area contributed by atoms with Crippen molar-refractivity contribution < 1.29 is 19.2 Å². The molecule has 7 rings (SSSR count). The lowest BCUT2D eigenvalue weighted by molar-refractivity contribution is -0.384. The van der Waals surface area contributed by atoms with E-state index in [0.29, 0.717) is 25.0 Å². The lowest BCUT2D eigenvalue weighted by atomic mass is 9.69. The van der Waals surface area contributed by atoms with Crippen molar-refractivity contribution in [3.8, 4) is 11.1 Å². The number of allylic oxidation sites excluding steroid dienone is 1. The highest BCUT2D eigenvalue weighted by atomic mass is 16.6. The first-order valence-corrected chi connectivity index (χ1v) is 16.2. The van der Waals surface area contributed by atoms with Gasteiger partial charge in [0.2, 0.25) is 0 Å². The second-order valence-electron chi connectivity index (χ2n) is 11.9. The molecule has 8 nitrogen and oxygen atoms in total. The number of nitro groups is 1. The van der Waals surface area contributed by atoms with Gasteiger partial charge in [0.25, 0.3) is 5.69 Å². The fourth-order valence-corrected chi connectivity index (χ4v) is 6.95. The van der Waals surface area contributed by atoms with Crippen molar-refractivity contribution in [1.82, 2.24) is 0 Å². The van der Waals surface area contributed by atoms with Gasteiger partial charge in [0.05, 0.1) is 28.8 Å². The van der Waals surface area contributed by atoms with Gasteiger partial charge in [-0.15, -0.1) is 0 Å². The van der Waals surface area contributed by atoms with Gasteiger partial charge in [-0.25, -0.2) is 0 Å². The third kappa shape index (κ3) is 6.92. The Balaban J connectivity index is 0.000000295. The van der Waals surface area contributed by atoms with Crippen LogP contribution in [-0.2, 0) is 22.4 Å². The van der Waals surface area contributed by atoms with Gasteiger partial charge in [0, 0.05) is 36.5 Å². The zero-order valence-electron chi connectivity index (χ0n) is 26.4. The van der Waals surface area contributed by atoms with E-state index in [1.807, 2.05) is 55.6 Å². The van der Waals surface area contributed by atoms with Crippen molar-refractivity contribution in [2.45, 2.75) is 57.3 Å². The van der Waals surface area contributed by atoms with E-state index in [-0.39, 0.29) is 29.3 Å². The van der Waals surface area contributed by atoms with Gasteiger partial charge in [0.1, 0.15) is 0 Å². The summed E-state index contributed by atoms with van der Waals surface area (Å²) in [7, 11) is 0. The molecule has 2 atom stereocenters. The van der Waals surface area contributed by atoms with Crippen LogP contribution in [0.25, 0.3) is 11.1 Å². The van der Waals surface area contributed by atoms with Gasteiger partial charge in [0.15, 0.2) is 5.78 Å². The second-order valence-corrected chi connectivity index (χ2v) is 11.9. The standard InChI is InChI=1S/C30H29NO5.C9H8N2/c1-2-36-28(32)17-12-19-7-5-9-25-24(19)15-16-26-23-8-4-3-6-21(23)18-27(29(25)26)30(33)20-10-13-22(14-11-20)31(34)35;1-2-5-9-8(4-1)10-6-3-7-11-9/h3-4,6,8,10-11,13-16,19,27H,2,5,7,9,12,17-18H2,1H3;1-7,10H. The van der Waals surface area contributed by atoms with Crippen LogP contribution in [-0.4, -0.2) is 29.5 Å². The molecule has 0 saturated carbocycles. The molecule has 4 aromatic rings. The number of anilines is 1. The monoisotopic (exact) mass is 627 g/mol. The number of fused-ring (bicyclic) bond motifs is 6. The number of benzene rings is 4. The Hall–Kier alpha value is -5.37. The van der Waals surface area contributed by atoms with Gasteiger partial charge in [-0.3, -0.25) is 24.7 Å². The minimum atomic E-state index is -0.451. The Labute approximate surface area is 274 Å². The molecule has 0 amide bonds. The molecule has 0 fully saturated rings. The number of hydrogen-bond donors (Lipinski definition) is 1. The molecular formula is C39H37N3O5. The number of nitro benzene ring substituents is 1. The highest BCUT2D eigenvalue weighted by molar-refractivity contribution is 6.03. The summed E-state index contributed by atoms with van der Waals surface area (Å²) < 4.78 is 5.15. The van der Waals surface area contributed by atoms with Gasteiger partial charge in [-0.2, -0.15) is 0 Å². The lowest BCUT2D eigenvalue weighted by Gasteiger charge is -2.34. The number of Topliss-reactive ketones (excluding diaryl/α,β-unsaturated/α-hetero) is 1. The first-order chi connectivity index (χ1) is 22.9. The van der Waals surface area contributed by atoms with E-state index in [1.165, 1.54) is 23.3 Å². The number of carbonyl (C=O) groups excluding carboxylic acids is 2. The molecule has 1 N–H and O–H groups in total. The first-order valence-electron chi connectivity index (χ1n) is 16.2. The third-order valence-electron chi connectivity index (χ3n) is 9.11. The van der Waals surface area contributed by atoms with Crippen LogP contribution in [0.1, 0.15) is 77.1 Å². The molecule has 0 radical (unpaired) electrons. The predicted octanol–water partition coefficient (Wildman–Crippen LogP) is 8.88. The summed E-state index contributed by atoms with van der Waals surface area (Å²) in [5.74, 6) is -0.267. The van der Waals surface area contributed by atoms with Crippen molar-refractivity contribution in [2.24, 2.45) is 4.99 Å². The fraction of sp³-hybridized carbons (Fsp3) is 0.256. The van der Waals surface area contributed by atoms with E-state index < -0.39 is 4.92 Å². The molecule has 2 unspecified atom stereocenters. The van der Waals surface area contributed by atoms with Crippen molar-refractivity contribution in [2.75, 3.05) is 11.9 Å². The number of rotatable bonds is 7. The van der Waals surface area contributed by atoms with Crippen LogP contribution in [0.3, 0.4) is 0 Å². The molecule has 1 heterocycles. The minimum absolute atomic E-state index is 0.0114. The average molecular weight is 628 g/mol. The zero-order chi connectivity index (χ0) is 32.8. The third-order valence-corrected chi connectivity index (χ3v) is 9.11. The molecule has 1 aliphatic heterocycles. The van der Waals surface area contributed by atoms with Crippen molar-refractivity contribution >= 4 is 35.0 Å². The summed E-state index contributed by atoms with van der Waals surface area (Å²) in [5.41, 5.74) is 9.47. The molecule has 0 aromatic heterocycles. The molecule has 0 spiro atoms. The largest absolute Gasteiger partial charge is 0.466 e. The molecule has 238 valence electrons. The smallest absolute Gasteiger partial charge is 0.305 e. The molecule has 8 heteroatoms. The van der Waals surface area contributed by atoms with Crippen molar-refractivity contribution in [1.29, 1.82) is 0 Å². The lowest BCUT2D eigenvalue weighted by Crippen LogP contribution is -2.24. The maximum atomic E-state index is 13.9. The van der Waals surface area contributed by atoms with Crippen LogP contribution in [0, 0.1) is 10.1 Å². The highest BCUT2D eigenvalue weighted by Crippen LogP contribution is 2.47. The summed E-state index contributed by atoms with van der Waals surface area (Å²) in [4.78, 5) is 40.8. The molecule has 2 aliphatic carbocycles. The number of nitrogens with one attached hydrogen (secondary N) is 1. The quantitative estimate of drug-likeness (QED) is 0.0948. The second kappa shape index (κ2) is 14.4. The number of aliphatic imine (C=N–C) groups is 1. The fourth-order valence-electron chi connectivity index (χ4n) is 6.95. The highest BCUT2D eigenvalue weighted by Gasteiger charge is 2.35. The Morgan fingerprint density at radius 1 is 0.979 bits per heavy atom. The van der Waals surface area contributed by atoms with Gasteiger partial charge < -0.3 is 10.1 Å². The Kier molecular flexibility index (Phi) is 9.67. The number of hydrogen-bond acceptors (Lipinski definition) is 7. The molecule has 3 aliphatic rings. The zero-order valence-corrected chi connectivity index (χ0v) is 26.4. The maximum absolute atomic E-state index is 13.9. The Morgan fingerprint density at radius 2 is 1.77 bits per heavy atom. The summed E-state index contributed by atoms with van der Waals surface area (Å²) >= 11 is 0. The number of ketones is 1. The van der Waals surface area contributed by atoms with Crippen LogP contribution in [0.15, 0.2) is 102 Å². The van der Waals surface area contributed by atoms with Gasteiger partial charge in [-0.1, -0.05) is 48.5 Å². The molecule has 4 aromatic carbocycles. The van der Waals surface area contributed by atoms with E-state index in [1.54, 1.807) is 18.3 Å². The van der Waals surface area contributed by atoms with E-state index in [9.17, 15) is 19.7 Å². The van der Waals surface area contributed by atoms with Gasteiger partial charge >= 0.3 is 5.97 Å². The molecule has 0 saturated heterocycles. The summed E-state index contributed by atoms with van der Waals surface area (Å²) in [5, 5.41) is 14.2. The van der Waals surface area contributed by atoms with E-state index >= 15 is 0 Å². The average Bonchev–Trinajstić information content (AvgIpc) is 3.36. The topological polar surface area (TPSA) is 111 Å². The van der Waals surface area contributed by atoms with E-state index in [4.69, 9.17) is 4.74 Å².